The van der Waals surface area contributed by atoms with Gasteiger partial charge in [-0.25, -0.2) is 4.79 Å². The van der Waals surface area contributed by atoms with Crippen molar-refractivity contribution in [2.45, 2.75) is 0 Å². The number of carbonyl (C=O) groups excluding carboxylic acids is 1. The van der Waals surface area contributed by atoms with Crippen molar-refractivity contribution in [3.63, 3.8) is 0 Å². The molecule has 3 N–H and O–H groups in total. The van der Waals surface area contributed by atoms with Gasteiger partial charge < -0.3 is 15.8 Å². The van der Waals surface area contributed by atoms with Crippen LogP contribution in [0.1, 0.15) is 0 Å². The van der Waals surface area contributed by atoms with Crippen molar-refractivity contribution in [1.29, 1.82) is 0 Å². The Morgan fingerprint density at radius 1 is 1.60 bits per heavy atom. The highest BCUT2D eigenvalue weighted by atomic mass is 32.2. The molecule has 5 heteroatoms. The van der Waals surface area contributed by atoms with Crippen molar-refractivity contribution < 1.29 is 9.53 Å². The maximum atomic E-state index is 10.6. The number of thioether (sulfide) groups is 1. The number of urea groups is 1. The van der Waals surface area contributed by atoms with Gasteiger partial charge in [-0.2, -0.15) is 11.8 Å². The summed E-state index contributed by atoms with van der Waals surface area (Å²) in [4.78, 5) is 10.6. The van der Waals surface area contributed by atoms with Gasteiger partial charge in [-0.15, -0.1) is 0 Å². The van der Waals surface area contributed by atoms with E-state index in [9.17, 15) is 4.79 Å². The predicted molar refractivity (Wildman–Crippen MR) is 63.5 cm³/mol. The van der Waals surface area contributed by atoms with Crippen LogP contribution in [0.4, 0.5) is 10.5 Å². The Morgan fingerprint density at radius 2 is 2.40 bits per heavy atom. The number of anilines is 1. The minimum atomic E-state index is -0.573. The minimum Gasteiger partial charge on any atom is -0.493 e. The molecule has 0 aliphatic rings. The first-order valence-corrected chi connectivity index (χ1v) is 5.90. The molecule has 0 fully saturated rings. The fourth-order valence-electron chi connectivity index (χ4n) is 1.05. The van der Waals surface area contributed by atoms with Crippen LogP contribution in [0, 0.1) is 0 Å². The lowest BCUT2D eigenvalue weighted by molar-refractivity contribution is 0.259. The average molecular weight is 226 g/mol. The zero-order valence-electron chi connectivity index (χ0n) is 8.53. The highest BCUT2D eigenvalue weighted by Gasteiger charge is 1.98. The lowest BCUT2D eigenvalue weighted by Crippen LogP contribution is -2.19. The van der Waals surface area contributed by atoms with Gasteiger partial charge in [-0.1, -0.05) is 6.07 Å². The fraction of sp³-hybridized carbons (Fsp3) is 0.300. The van der Waals surface area contributed by atoms with Crippen LogP contribution in [-0.4, -0.2) is 24.6 Å². The molecule has 0 aromatic heterocycles. The molecule has 15 heavy (non-hydrogen) atoms. The molecule has 0 atom stereocenters. The number of rotatable bonds is 5. The Hall–Kier alpha value is -1.36. The molecule has 82 valence electrons. The summed E-state index contributed by atoms with van der Waals surface area (Å²) < 4.78 is 5.46. The third kappa shape index (κ3) is 4.60. The summed E-state index contributed by atoms with van der Waals surface area (Å²) in [6, 6.07) is 6.57. The van der Waals surface area contributed by atoms with Crippen LogP contribution in [0.15, 0.2) is 24.3 Å². The van der Waals surface area contributed by atoms with Crippen LogP contribution < -0.4 is 15.8 Å². The average Bonchev–Trinajstić information content (AvgIpc) is 2.18. The Kier molecular flexibility index (Phi) is 4.83. The van der Waals surface area contributed by atoms with Crippen molar-refractivity contribution in [3.05, 3.63) is 24.3 Å². The molecule has 4 nitrogen and oxygen atoms in total. The van der Waals surface area contributed by atoms with E-state index in [0.29, 0.717) is 12.3 Å². The first-order valence-electron chi connectivity index (χ1n) is 4.50. The van der Waals surface area contributed by atoms with Gasteiger partial charge in [0.15, 0.2) is 0 Å². The van der Waals surface area contributed by atoms with Crippen molar-refractivity contribution in [1.82, 2.24) is 0 Å². The maximum absolute atomic E-state index is 10.6. The molecule has 0 heterocycles. The van der Waals surface area contributed by atoms with Crippen LogP contribution in [0.5, 0.6) is 5.75 Å². The number of primary amides is 1. The molecule has 0 unspecified atom stereocenters. The summed E-state index contributed by atoms with van der Waals surface area (Å²) in [5, 5.41) is 2.49. The first-order chi connectivity index (χ1) is 7.22. The second-order valence-corrected chi connectivity index (χ2v) is 3.84. The van der Waals surface area contributed by atoms with Crippen LogP contribution in [-0.2, 0) is 0 Å². The molecular formula is C10H14N2O2S. The summed E-state index contributed by atoms with van der Waals surface area (Å²) in [5.41, 5.74) is 5.64. The first kappa shape index (κ1) is 11.7. The molecule has 0 spiro atoms. The van der Waals surface area contributed by atoms with E-state index in [2.05, 4.69) is 5.32 Å². The number of nitrogens with two attached hydrogens (primary N) is 1. The molecule has 0 aliphatic carbocycles. The number of nitrogens with one attached hydrogen (secondary N) is 1. The van der Waals surface area contributed by atoms with Gasteiger partial charge in [-0.3, -0.25) is 0 Å². The minimum absolute atomic E-state index is 0.573. The highest BCUT2D eigenvalue weighted by Crippen LogP contribution is 2.17. The fourth-order valence-corrected chi connectivity index (χ4v) is 1.30. The molecule has 1 aromatic rings. The van der Waals surface area contributed by atoms with Gasteiger partial charge in [0, 0.05) is 17.5 Å². The second-order valence-electron chi connectivity index (χ2n) is 2.86. The third-order valence-corrected chi connectivity index (χ3v) is 2.23. The Morgan fingerprint density at radius 3 is 3.07 bits per heavy atom. The maximum Gasteiger partial charge on any atom is 0.316 e. The summed E-state index contributed by atoms with van der Waals surface area (Å²) in [6.07, 6.45) is 2.02. The second kappa shape index (κ2) is 6.19. The van der Waals surface area contributed by atoms with E-state index in [0.717, 1.165) is 11.5 Å². The number of amides is 2. The van der Waals surface area contributed by atoms with Crippen molar-refractivity contribution >= 4 is 23.5 Å². The Balaban J connectivity index is 2.53. The van der Waals surface area contributed by atoms with Crippen LogP contribution in [0.25, 0.3) is 0 Å². The molecule has 2 amide bonds. The number of hydrogen-bond acceptors (Lipinski definition) is 3. The van der Waals surface area contributed by atoms with Crippen molar-refractivity contribution in [2.24, 2.45) is 5.73 Å². The van der Waals surface area contributed by atoms with E-state index in [4.69, 9.17) is 10.5 Å². The summed E-state index contributed by atoms with van der Waals surface area (Å²) >= 11 is 1.72. The van der Waals surface area contributed by atoms with Gasteiger partial charge in [0.05, 0.1) is 6.61 Å². The third-order valence-electron chi connectivity index (χ3n) is 1.66. The smallest absolute Gasteiger partial charge is 0.316 e. The van der Waals surface area contributed by atoms with E-state index in [1.165, 1.54) is 0 Å². The van der Waals surface area contributed by atoms with E-state index in [1.807, 2.05) is 12.3 Å². The highest BCUT2D eigenvalue weighted by molar-refractivity contribution is 7.98. The molecule has 0 bridgehead atoms. The van der Waals surface area contributed by atoms with Crippen molar-refractivity contribution in [3.8, 4) is 5.75 Å². The van der Waals surface area contributed by atoms with Crippen molar-refractivity contribution in [2.75, 3.05) is 23.9 Å². The van der Waals surface area contributed by atoms with Gasteiger partial charge in [0.2, 0.25) is 0 Å². The van der Waals surface area contributed by atoms with Crippen LogP contribution in [0.2, 0.25) is 0 Å². The Bertz CT molecular complexity index is 331. The molecular weight excluding hydrogens is 212 g/mol. The molecule has 0 saturated carbocycles. The quantitative estimate of drug-likeness (QED) is 0.754. The number of benzene rings is 1. The zero-order chi connectivity index (χ0) is 11.1. The molecule has 1 rings (SSSR count). The molecule has 0 aliphatic heterocycles. The normalized spacial score (nSPS) is 9.67. The van der Waals surface area contributed by atoms with E-state index < -0.39 is 6.03 Å². The molecule has 1 aromatic carbocycles. The lowest BCUT2D eigenvalue weighted by Gasteiger charge is -2.07. The van der Waals surface area contributed by atoms with E-state index in [-0.39, 0.29) is 0 Å². The molecule has 0 saturated heterocycles. The SMILES string of the molecule is CSCCOc1cccc(NC(N)=O)c1. The lowest BCUT2D eigenvalue weighted by atomic mass is 10.3. The van der Waals surface area contributed by atoms with Gasteiger partial charge in [-0.05, 0) is 18.4 Å². The summed E-state index contributed by atoms with van der Waals surface area (Å²) in [5.74, 6) is 1.67. The topological polar surface area (TPSA) is 64.3 Å². The molecule has 0 radical (unpaired) electrons. The number of hydrogen-bond donors (Lipinski definition) is 2. The largest absolute Gasteiger partial charge is 0.493 e. The monoisotopic (exact) mass is 226 g/mol. The van der Waals surface area contributed by atoms with Crippen LogP contribution >= 0.6 is 11.8 Å². The van der Waals surface area contributed by atoms with Gasteiger partial charge in [0.1, 0.15) is 5.75 Å². The zero-order valence-corrected chi connectivity index (χ0v) is 9.34. The summed E-state index contributed by atoms with van der Waals surface area (Å²) in [7, 11) is 0. The van der Waals surface area contributed by atoms with Gasteiger partial charge >= 0.3 is 6.03 Å². The number of carbonyl (C=O) groups is 1. The number of ether oxygens (including phenoxy) is 1. The summed E-state index contributed by atoms with van der Waals surface area (Å²) in [6.45, 7) is 0.654. The standard InChI is InChI=1S/C10H14N2O2S/c1-15-6-5-14-9-4-2-3-8(7-9)12-10(11)13/h2-4,7H,5-6H2,1H3,(H3,11,12,13). The van der Waals surface area contributed by atoms with Gasteiger partial charge in [0.25, 0.3) is 0 Å². The predicted octanol–water partition coefficient (Wildman–Crippen LogP) is 1.92. The van der Waals surface area contributed by atoms with E-state index >= 15 is 0 Å². The van der Waals surface area contributed by atoms with Crippen LogP contribution in [0.3, 0.4) is 0 Å². The Labute approximate surface area is 93.2 Å². The van der Waals surface area contributed by atoms with E-state index in [1.54, 1.807) is 30.0 Å².